The summed E-state index contributed by atoms with van der Waals surface area (Å²) in [7, 11) is -3.06. The molecule has 3 aromatic heterocycles. The van der Waals surface area contributed by atoms with E-state index in [0.29, 0.717) is 34.1 Å². The summed E-state index contributed by atoms with van der Waals surface area (Å²) in [4.78, 5) is 39.2. The quantitative estimate of drug-likeness (QED) is 0.627. The van der Waals surface area contributed by atoms with Gasteiger partial charge in [0, 0.05) is 29.0 Å². The molecule has 0 spiro atoms. The molecular weight excluding hydrogens is 432 g/mol. The molecule has 0 atom stereocenters. The Hall–Kier alpha value is -2.11. The molecule has 5 rings (SSSR count). The number of amides is 1. The molecule has 8 nitrogen and oxygen atoms in total. The van der Waals surface area contributed by atoms with Gasteiger partial charge in [-0.1, -0.05) is 0 Å². The van der Waals surface area contributed by atoms with Crippen LogP contribution in [-0.2, 0) is 46.1 Å². The summed E-state index contributed by atoms with van der Waals surface area (Å²) in [6.07, 6.45) is 3.89. The minimum Gasteiger partial charge on any atom is -0.310 e. The van der Waals surface area contributed by atoms with Gasteiger partial charge in [-0.05, 0) is 24.8 Å². The number of rotatable bonds is 4. The average molecular weight is 451 g/mol. The Bertz CT molecular complexity index is 1300. The molecule has 0 saturated heterocycles. The van der Waals surface area contributed by atoms with Crippen LogP contribution in [0.15, 0.2) is 4.79 Å². The first-order chi connectivity index (χ1) is 13.9. The number of carbonyl (C=O) groups is 1. The fourth-order valence-electron chi connectivity index (χ4n) is 3.85. The van der Waals surface area contributed by atoms with Gasteiger partial charge in [0.05, 0.1) is 22.6 Å². The van der Waals surface area contributed by atoms with Crippen molar-refractivity contribution in [1.82, 2.24) is 15.0 Å². The zero-order valence-electron chi connectivity index (χ0n) is 15.4. The lowest BCUT2D eigenvalue weighted by Gasteiger charge is -2.08. The lowest BCUT2D eigenvalue weighted by Crippen LogP contribution is -2.17. The van der Waals surface area contributed by atoms with E-state index in [4.69, 9.17) is 0 Å². The highest BCUT2D eigenvalue weighted by Crippen LogP contribution is 2.34. The van der Waals surface area contributed by atoms with Crippen molar-refractivity contribution in [2.75, 3.05) is 11.1 Å². The summed E-state index contributed by atoms with van der Waals surface area (Å²) in [5.41, 5.74) is 1.76. The minimum absolute atomic E-state index is 0.00810. The monoisotopic (exact) mass is 450 g/mol. The predicted molar refractivity (Wildman–Crippen MR) is 113 cm³/mol. The third kappa shape index (κ3) is 3.62. The van der Waals surface area contributed by atoms with Crippen molar-refractivity contribution in [3.05, 3.63) is 37.2 Å². The van der Waals surface area contributed by atoms with Crippen molar-refractivity contribution in [2.45, 2.75) is 44.3 Å². The number of nitrogens with one attached hydrogen (secondary N) is 2. The van der Waals surface area contributed by atoms with Gasteiger partial charge < -0.3 is 10.3 Å². The van der Waals surface area contributed by atoms with E-state index in [9.17, 15) is 18.0 Å². The number of aromatic nitrogens is 3. The molecule has 1 aliphatic carbocycles. The molecule has 2 N–H and O–H groups in total. The molecule has 0 bridgehead atoms. The van der Waals surface area contributed by atoms with Crippen LogP contribution in [0, 0.1) is 0 Å². The van der Waals surface area contributed by atoms with E-state index in [0.717, 1.165) is 35.4 Å². The summed E-state index contributed by atoms with van der Waals surface area (Å²) in [6, 6.07) is 0. The van der Waals surface area contributed by atoms with E-state index in [1.807, 2.05) is 0 Å². The van der Waals surface area contributed by atoms with Crippen molar-refractivity contribution >= 4 is 53.8 Å². The summed E-state index contributed by atoms with van der Waals surface area (Å²) in [5.74, 6) is 0.355. The Balaban J connectivity index is 1.27. The Labute approximate surface area is 174 Å². The summed E-state index contributed by atoms with van der Waals surface area (Å²) >= 11 is 2.79. The SMILES string of the molecule is O=C(CCc1nc2sc3c(c2c(=O)[nH]1)CCC3)Nc1nc2c(s1)CS(=O)(=O)CC2. The van der Waals surface area contributed by atoms with Crippen LogP contribution in [0.1, 0.15) is 39.7 Å². The van der Waals surface area contributed by atoms with Crippen molar-refractivity contribution in [3.8, 4) is 0 Å². The molecule has 4 heterocycles. The number of hydrogen-bond donors (Lipinski definition) is 2. The lowest BCUT2D eigenvalue weighted by atomic mass is 10.2. The fraction of sp³-hybridized carbons (Fsp3) is 0.444. The number of anilines is 1. The smallest absolute Gasteiger partial charge is 0.259 e. The molecule has 3 aromatic rings. The molecule has 0 fully saturated rings. The number of hydrogen-bond acceptors (Lipinski definition) is 8. The topological polar surface area (TPSA) is 122 Å². The van der Waals surface area contributed by atoms with E-state index in [-0.39, 0.29) is 29.4 Å². The number of thiazole rings is 1. The molecule has 1 aliphatic heterocycles. The second-order valence-electron chi connectivity index (χ2n) is 7.33. The minimum atomic E-state index is -3.06. The van der Waals surface area contributed by atoms with Gasteiger partial charge in [-0.2, -0.15) is 0 Å². The van der Waals surface area contributed by atoms with E-state index in [1.54, 1.807) is 11.3 Å². The first-order valence-corrected chi connectivity index (χ1v) is 12.9. The van der Waals surface area contributed by atoms with Crippen LogP contribution in [-0.4, -0.2) is 35.0 Å². The number of carbonyl (C=O) groups excluding carboxylic acids is 1. The number of H-pyrrole nitrogens is 1. The maximum absolute atomic E-state index is 12.5. The van der Waals surface area contributed by atoms with E-state index >= 15 is 0 Å². The van der Waals surface area contributed by atoms with E-state index < -0.39 is 9.84 Å². The molecule has 1 amide bonds. The molecule has 29 heavy (non-hydrogen) atoms. The van der Waals surface area contributed by atoms with Gasteiger partial charge in [0.15, 0.2) is 15.0 Å². The number of fused-ring (bicyclic) bond motifs is 4. The third-order valence-corrected chi connectivity index (χ3v) is 9.17. The maximum atomic E-state index is 12.5. The first kappa shape index (κ1) is 18.9. The summed E-state index contributed by atoms with van der Waals surface area (Å²) in [5, 5.41) is 3.86. The van der Waals surface area contributed by atoms with Crippen LogP contribution < -0.4 is 10.9 Å². The number of thiophene rings is 1. The van der Waals surface area contributed by atoms with Crippen molar-refractivity contribution < 1.29 is 13.2 Å². The van der Waals surface area contributed by atoms with Gasteiger partial charge in [0.25, 0.3) is 5.56 Å². The zero-order valence-corrected chi connectivity index (χ0v) is 17.9. The lowest BCUT2D eigenvalue weighted by molar-refractivity contribution is -0.116. The zero-order chi connectivity index (χ0) is 20.2. The molecule has 152 valence electrons. The maximum Gasteiger partial charge on any atom is 0.259 e. The van der Waals surface area contributed by atoms with Crippen LogP contribution in [0.4, 0.5) is 5.13 Å². The van der Waals surface area contributed by atoms with Gasteiger partial charge in [-0.25, -0.2) is 18.4 Å². The van der Waals surface area contributed by atoms with Gasteiger partial charge in [-0.15, -0.1) is 22.7 Å². The Kier molecular flexibility index (Phi) is 4.56. The van der Waals surface area contributed by atoms with Crippen LogP contribution >= 0.6 is 22.7 Å². The molecule has 0 radical (unpaired) electrons. The number of aromatic amines is 1. The Morgan fingerprint density at radius 2 is 2.00 bits per heavy atom. The largest absolute Gasteiger partial charge is 0.310 e. The number of sulfone groups is 1. The van der Waals surface area contributed by atoms with Crippen LogP contribution in [0.2, 0.25) is 0 Å². The highest BCUT2D eigenvalue weighted by Gasteiger charge is 2.25. The van der Waals surface area contributed by atoms with Crippen LogP contribution in [0.3, 0.4) is 0 Å². The molecule has 0 saturated carbocycles. The molecule has 11 heteroatoms. The number of nitrogens with zero attached hydrogens (tertiary/aromatic N) is 2. The molecular formula is C18H18N4O4S3. The highest BCUT2D eigenvalue weighted by molar-refractivity contribution is 7.90. The standard InChI is InChI=1S/C18H18N4O4S3/c23-14(22-18-19-10-6-7-29(25,26)8-12(10)28-18)5-4-13-20-16(24)15-9-2-1-3-11(9)27-17(15)21-13/h1-8H2,(H,19,22,23)(H,20,21,24). The highest BCUT2D eigenvalue weighted by atomic mass is 32.2. The second-order valence-corrected chi connectivity index (χ2v) is 11.7. The van der Waals surface area contributed by atoms with Crippen LogP contribution in [0.25, 0.3) is 10.2 Å². The van der Waals surface area contributed by atoms with Gasteiger partial charge in [-0.3, -0.25) is 9.59 Å². The molecule has 0 aromatic carbocycles. The summed E-state index contributed by atoms with van der Waals surface area (Å²) in [6.45, 7) is 0. The normalized spacial score (nSPS) is 17.2. The van der Waals surface area contributed by atoms with Crippen molar-refractivity contribution in [2.24, 2.45) is 0 Å². The number of aryl methyl sites for hydroxylation is 4. The fourth-order valence-corrected chi connectivity index (χ4v) is 7.94. The van der Waals surface area contributed by atoms with Gasteiger partial charge >= 0.3 is 0 Å². The predicted octanol–water partition coefficient (Wildman–Crippen LogP) is 1.97. The molecule has 0 unspecified atom stereocenters. The Morgan fingerprint density at radius 1 is 1.14 bits per heavy atom. The average Bonchev–Trinajstić information content (AvgIpc) is 3.32. The first-order valence-electron chi connectivity index (χ1n) is 9.40. The third-order valence-electron chi connectivity index (χ3n) is 5.24. The van der Waals surface area contributed by atoms with Crippen molar-refractivity contribution in [1.29, 1.82) is 0 Å². The van der Waals surface area contributed by atoms with Crippen molar-refractivity contribution in [3.63, 3.8) is 0 Å². The van der Waals surface area contributed by atoms with Crippen LogP contribution in [0.5, 0.6) is 0 Å². The van der Waals surface area contributed by atoms with Gasteiger partial charge in [0.2, 0.25) is 5.91 Å². The molecule has 2 aliphatic rings. The Morgan fingerprint density at radius 3 is 2.86 bits per heavy atom. The van der Waals surface area contributed by atoms with Gasteiger partial charge in [0.1, 0.15) is 10.7 Å². The van der Waals surface area contributed by atoms with E-state index in [2.05, 4.69) is 20.3 Å². The van der Waals surface area contributed by atoms with E-state index in [1.165, 1.54) is 16.2 Å². The second kappa shape index (κ2) is 6.99. The summed E-state index contributed by atoms with van der Waals surface area (Å²) < 4.78 is 23.5.